The second kappa shape index (κ2) is 7.41. The molecule has 1 heterocycles. The van der Waals surface area contributed by atoms with Crippen molar-refractivity contribution in [2.24, 2.45) is 0 Å². The van der Waals surface area contributed by atoms with Crippen molar-refractivity contribution in [1.29, 1.82) is 0 Å². The first-order valence-electron chi connectivity index (χ1n) is 7.26. The summed E-state index contributed by atoms with van der Waals surface area (Å²) < 4.78 is 1.06. The van der Waals surface area contributed by atoms with E-state index in [0.717, 1.165) is 46.7 Å². The Kier molecular flexibility index (Phi) is 5.56. The molecule has 0 radical (unpaired) electrons. The molecule has 0 bridgehead atoms. The van der Waals surface area contributed by atoms with Gasteiger partial charge in [-0.2, -0.15) is 0 Å². The number of nitrogens with zero attached hydrogens (tertiary/aromatic N) is 2. The number of aryl methyl sites for hydroxylation is 1. The molecule has 0 unspecified atom stereocenters. The van der Waals surface area contributed by atoms with E-state index in [2.05, 4.69) is 69.4 Å². The molecule has 0 fully saturated rings. The van der Waals surface area contributed by atoms with Crippen LogP contribution in [0.5, 0.6) is 0 Å². The molecular formula is C16H21BrN4. The number of aromatic nitrogens is 2. The minimum Gasteiger partial charge on any atom is -0.370 e. The average molecular weight is 349 g/mol. The first kappa shape index (κ1) is 15.8. The van der Waals surface area contributed by atoms with Crippen molar-refractivity contribution in [2.45, 2.75) is 33.6 Å². The van der Waals surface area contributed by atoms with Gasteiger partial charge in [-0.15, -0.1) is 0 Å². The van der Waals surface area contributed by atoms with Crippen LogP contribution in [-0.2, 0) is 6.42 Å². The van der Waals surface area contributed by atoms with Gasteiger partial charge in [0.05, 0.1) is 0 Å². The third-order valence-corrected chi connectivity index (χ3v) is 3.60. The molecule has 1 aromatic heterocycles. The summed E-state index contributed by atoms with van der Waals surface area (Å²) in [6, 6.07) is 6.24. The van der Waals surface area contributed by atoms with Crippen LogP contribution in [-0.4, -0.2) is 16.5 Å². The molecular weight excluding hydrogens is 328 g/mol. The van der Waals surface area contributed by atoms with Gasteiger partial charge in [0.1, 0.15) is 18.0 Å². The zero-order valence-electron chi connectivity index (χ0n) is 12.7. The number of rotatable bonds is 6. The fourth-order valence-corrected chi connectivity index (χ4v) is 2.80. The van der Waals surface area contributed by atoms with E-state index in [4.69, 9.17) is 0 Å². The van der Waals surface area contributed by atoms with Crippen LogP contribution >= 0.6 is 15.9 Å². The number of benzene rings is 1. The Morgan fingerprint density at radius 1 is 1.10 bits per heavy atom. The fourth-order valence-electron chi connectivity index (χ4n) is 2.20. The van der Waals surface area contributed by atoms with Crippen LogP contribution in [0.25, 0.3) is 0 Å². The quantitative estimate of drug-likeness (QED) is 0.795. The zero-order chi connectivity index (χ0) is 15.2. The fraction of sp³-hybridized carbons (Fsp3) is 0.375. The molecule has 0 aliphatic rings. The second-order valence-electron chi connectivity index (χ2n) is 4.97. The predicted molar refractivity (Wildman–Crippen MR) is 92.4 cm³/mol. The Morgan fingerprint density at radius 2 is 1.86 bits per heavy atom. The van der Waals surface area contributed by atoms with Gasteiger partial charge in [0.25, 0.3) is 0 Å². The number of hydrogen-bond donors (Lipinski definition) is 2. The van der Waals surface area contributed by atoms with E-state index >= 15 is 0 Å². The van der Waals surface area contributed by atoms with Crippen LogP contribution in [0.15, 0.2) is 29.0 Å². The molecule has 0 atom stereocenters. The molecule has 5 heteroatoms. The molecule has 2 aromatic rings. The summed E-state index contributed by atoms with van der Waals surface area (Å²) in [6.45, 7) is 7.25. The lowest BCUT2D eigenvalue weighted by Gasteiger charge is -2.14. The highest BCUT2D eigenvalue weighted by Gasteiger charge is 2.10. The topological polar surface area (TPSA) is 49.8 Å². The third-order valence-electron chi connectivity index (χ3n) is 3.15. The van der Waals surface area contributed by atoms with Crippen LogP contribution in [0.2, 0.25) is 0 Å². The van der Waals surface area contributed by atoms with Crippen molar-refractivity contribution < 1.29 is 0 Å². The van der Waals surface area contributed by atoms with Gasteiger partial charge < -0.3 is 10.6 Å². The molecule has 2 rings (SSSR count). The summed E-state index contributed by atoms with van der Waals surface area (Å²) in [5.74, 6) is 1.78. The largest absolute Gasteiger partial charge is 0.370 e. The molecule has 112 valence electrons. The van der Waals surface area contributed by atoms with E-state index in [-0.39, 0.29) is 0 Å². The van der Waals surface area contributed by atoms with E-state index in [9.17, 15) is 0 Å². The van der Waals surface area contributed by atoms with Crippen molar-refractivity contribution in [1.82, 2.24) is 9.97 Å². The Morgan fingerprint density at radius 3 is 2.52 bits per heavy atom. The van der Waals surface area contributed by atoms with Crippen LogP contribution in [0.1, 0.15) is 31.4 Å². The SMILES string of the molecule is CCCNc1ncnc(Nc2cc(C)cc(Br)c2)c1CC. The highest BCUT2D eigenvalue weighted by Crippen LogP contribution is 2.26. The van der Waals surface area contributed by atoms with Crippen LogP contribution in [0, 0.1) is 6.92 Å². The number of nitrogens with one attached hydrogen (secondary N) is 2. The molecule has 0 saturated carbocycles. The van der Waals surface area contributed by atoms with Gasteiger partial charge in [0.15, 0.2) is 0 Å². The first-order valence-corrected chi connectivity index (χ1v) is 8.05. The summed E-state index contributed by atoms with van der Waals surface area (Å²) in [6.07, 6.45) is 3.55. The predicted octanol–water partition coefficient (Wildman–Crippen LogP) is 4.68. The Balaban J connectivity index is 2.30. The molecule has 0 aliphatic heterocycles. The lowest BCUT2D eigenvalue weighted by molar-refractivity contribution is 0.949. The lowest BCUT2D eigenvalue weighted by Crippen LogP contribution is -2.08. The van der Waals surface area contributed by atoms with Gasteiger partial charge in [-0.1, -0.05) is 29.8 Å². The molecule has 0 aliphatic carbocycles. The Hall–Kier alpha value is -1.62. The first-order chi connectivity index (χ1) is 10.1. The lowest BCUT2D eigenvalue weighted by atomic mass is 10.2. The smallest absolute Gasteiger partial charge is 0.139 e. The second-order valence-corrected chi connectivity index (χ2v) is 5.89. The van der Waals surface area contributed by atoms with E-state index in [1.54, 1.807) is 6.33 Å². The monoisotopic (exact) mass is 348 g/mol. The van der Waals surface area contributed by atoms with E-state index in [1.165, 1.54) is 5.56 Å². The summed E-state index contributed by atoms with van der Waals surface area (Å²) in [7, 11) is 0. The van der Waals surface area contributed by atoms with Gasteiger partial charge in [-0.3, -0.25) is 0 Å². The molecule has 0 spiro atoms. The highest BCUT2D eigenvalue weighted by atomic mass is 79.9. The van der Waals surface area contributed by atoms with E-state index in [1.807, 2.05) is 6.07 Å². The minimum atomic E-state index is 0.864. The van der Waals surface area contributed by atoms with Crippen molar-refractivity contribution >= 4 is 33.3 Å². The van der Waals surface area contributed by atoms with Crippen LogP contribution < -0.4 is 10.6 Å². The third kappa shape index (κ3) is 4.17. The molecule has 21 heavy (non-hydrogen) atoms. The maximum atomic E-state index is 4.40. The Labute approximate surface area is 134 Å². The molecule has 0 saturated heterocycles. The maximum absolute atomic E-state index is 4.40. The van der Waals surface area contributed by atoms with Crippen LogP contribution in [0.3, 0.4) is 0 Å². The van der Waals surface area contributed by atoms with Gasteiger partial charge in [-0.05, 0) is 43.5 Å². The van der Waals surface area contributed by atoms with Crippen molar-refractivity contribution in [3.05, 3.63) is 40.1 Å². The van der Waals surface area contributed by atoms with Crippen molar-refractivity contribution in [2.75, 3.05) is 17.2 Å². The minimum absolute atomic E-state index is 0.864. The van der Waals surface area contributed by atoms with E-state index < -0.39 is 0 Å². The standard InChI is InChI=1S/C16H21BrN4/c1-4-6-18-15-14(5-2)16(20-10-19-15)21-13-8-11(3)7-12(17)9-13/h7-10H,4-6H2,1-3H3,(H2,18,19,20,21). The number of anilines is 3. The molecule has 0 amide bonds. The van der Waals surface area contributed by atoms with Gasteiger partial charge in [-0.25, -0.2) is 9.97 Å². The number of halogens is 1. The van der Waals surface area contributed by atoms with Gasteiger partial charge in [0.2, 0.25) is 0 Å². The zero-order valence-corrected chi connectivity index (χ0v) is 14.3. The molecule has 2 N–H and O–H groups in total. The van der Waals surface area contributed by atoms with Crippen molar-refractivity contribution in [3.63, 3.8) is 0 Å². The van der Waals surface area contributed by atoms with Crippen molar-refractivity contribution in [3.8, 4) is 0 Å². The van der Waals surface area contributed by atoms with E-state index in [0.29, 0.717) is 0 Å². The Bertz CT molecular complexity index is 593. The number of hydrogen-bond acceptors (Lipinski definition) is 4. The highest BCUT2D eigenvalue weighted by molar-refractivity contribution is 9.10. The summed E-state index contributed by atoms with van der Waals surface area (Å²) in [5.41, 5.74) is 3.34. The summed E-state index contributed by atoms with van der Waals surface area (Å²) in [5, 5.41) is 6.76. The van der Waals surface area contributed by atoms with Crippen LogP contribution in [0.4, 0.5) is 17.3 Å². The normalized spacial score (nSPS) is 10.5. The van der Waals surface area contributed by atoms with Gasteiger partial charge >= 0.3 is 0 Å². The average Bonchev–Trinajstić information content (AvgIpc) is 2.44. The van der Waals surface area contributed by atoms with Gasteiger partial charge in [0, 0.05) is 22.3 Å². The summed E-state index contributed by atoms with van der Waals surface area (Å²) in [4.78, 5) is 8.75. The summed E-state index contributed by atoms with van der Waals surface area (Å²) >= 11 is 3.53. The molecule has 4 nitrogen and oxygen atoms in total. The maximum Gasteiger partial charge on any atom is 0.139 e. The molecule has 1 aromatic carbocycles.